The van der Waals surface area contributed by atoms with Crippen LogP contribution in [-0.4, -0.2) is 29.6 Å². The van der Waals surface area contributed by atoms with Gasteiger partial charge in [0.1, 0.15) is 11.3 Å². The van der Waals surface area contributed by atoms with Crippen LogP contribution in [0.5, 0.6) is 0 Å². The fourth-order valence-electron chi connectivity index (χ4n) is 3.67. The molecule has 0 bridgehead atoms. The molecule has 4 rings (SSSR count). The number of halogens is 4. The molecule has 1 heterocycles. The lowest BCUT2D eigenvalue weighted by Gasteiger charge is -2.14. The Kier molecular flexibility index (Phi) is 7.01. The van der Waals surface area contributed by atoms with Crippen molar-refractivity contribution in [2.24, 2.45) is 0 Å². The van der Waals surface area contributed by atoms with Gasteiger partial charge in [0.05, 0.1) is 36.4 Å². The Bertz CT molecular complexity index is 1540. The van der Waals surface area contributed by atoms with E-state index in [1.807, 2.05) is 0 Å². The molecule has 0 fully saturated rings. The summed E-state index contributed by atoms with van der Waals surface area (Å²) in [5.41, 5.74) is 1.57. The molecule has 5 nitrogen and oxygen atoms in total. The number of aromatic nitrogens is 2. The summed E-state index contributed by atoms with van der Waals surface area (Å²) >= 11 is 26.4. The summed E-state index contributed by atoms with van der Waals surface area (Å²) in [5.74, 6) is 0. The van der Waals surface area contributed by atoms with E-state index < -0.39 is 15.4 Å². The summed E-state index contributed by atoms with van der Waals surface area (Å²) in [4.78, 5) is 0.208. The van der Waals surface area contributed by atoms with E-state index in [2.05, 4.69) is 5.10 Å². The fraction of sp³-hybridized carbons (Fsp3) is 0.160. The Balaban J connectivity index is 1.93. The van der Waals surface area contributed by atoms with Crippen LogP contribution in [-0.2, 0) is 15.4 Å². The van der Waals surface area contributed by atoms with Gasteiger partial charge < -0.3 is 5.11 Å². The lowest BCUT2D eigenvalue weighted by atomic mass is 10.0. The van der Waals surface area contributed by atoms with Gasteiger partial charge in [-0.05, 0) is 61.4 Å². The zero-order chi connectivity index (χ0) is 25.7. The molecule has 0 amide bonds. The van der Waals surface area contributed by atoms with Crippen molar-refractivity contribution in [3.63, 3.8) is 0 Å². The van der Waals surface area contributed by atoms with Crippen LogP contribution in [0.4, 0.5) is 0 Å². The maximum absolute atomic E-state index is 12.0. The first-order valence-electron chi connectivity index (χ1n) is 10.3. The molecule has 182 valence electrons. The zero-order valence-corrected chi connectivity index (χ0v) is 22.7. The van der Waals surface area contributed by atoms with Crippen molar-refractivity contribution in [3.05, 3.63) is 86.4 Å². The minimum Gasteiger partial charge on any atom is -0.384 e. The van der Waals surface area contributed by atoms with Crippen LogP contribution in [0.25, 0.3) is 28.1 Å². The van der Waals surface area contributed by atoms with E-state index in [-0.39, 0.29) is 15.6 Å². The topological polar surface area (TPSA) is 72.2 Å². The molecule has 1 N–H and O–H groups in total. The maximum atomic E-state index is 12.0. The van der Waals surface area contributed by atoms with E-state index in [0.29, 0.717) is 43.1 Å². The average molecular weight is 570 g/mol. The van der Waals surface area contributed by atoms with E-state index in [4.69, 9.17) is 46.4 Å². The predicted octanol–water partition coefficient (Wildman–Crippen LogP) is 7.45. The molecule has 0 atom stereocenters. The number of nitrogens with zero attached hydrogens (tertiary/aromatic N) is 2. The SMILES string of the molecule is CC(C)(O)c1nn(-c2ccc(-c3cccc(S(C)(=O)=O)c3)cc2Cl)c(-c2c(Cl)cccc2Cl)c1Cl. The standard InChI is InChI=1S/C25H20Cl4N2O3S/c1-25(2,32)24-22(29)23(21-17(26)8-5-9-18(21)27)31(30-24)20-11-10-15(13-19(20)28)14-6-4-7-16(12-14)35(3,33)34/h4-13,32H,1-3H3. The number of hydrogen-bond donors (Lipinski definition) is 1. The lowest BCUT2D eigenvalue weighted by Crippen LogP contribution is -2.17. The molecule has 35 heavy (non-hydrogen) atoms. The average Bonchev–Trinajstić information content (AvgIpc) is 3.10. The molecule has 0 saturated carbocycles. The Morgan fingerprint density at radius 2 is 1.46 bits per heavy atom. The van der Waals surface area contributed by atoms with Crippen molar-refractivity contribution >= 4 is 56.2 Å². The van der Waals surface area contributed by atoms with Gasteiger partial charge in [-0.3, -0.25) is 0 Å². The highest BCUT2D eigenvalue weighted by atomic mass is 35.5. The van der Waals surface area contributed by atoms with Crippen molar-refractivity contribution in [3.8, 4) is 28.1 Å². The van der Waals surface area contributed by atoms with Crippen LogP contribution in [0.1, 0.15) is 19.5 Å². The minimum atomic E-state index is -3.37. The molecule has 10 heteroatoms. The normalized spacial score (nSPS) is 12.2. The largest absolute Gasteiger partial charge is 0.384 e. The summed E-state index contributed by atoms with van der Waals surface area (Å²) < 4.78 is 25.4. The van der Waals surface area contributed by atoms with Crippen molar-refractivity contribution < 1.29 is 13.5 Å². The van der Waals surface area contributed by atoms with E-state index in [1.54, 1.807) is 74.5 Å². The molecule has 0 aliphatic heterocycles. The van der Waals surface area contributed by atoms with Crippen LogP contribution in [0.3, 0.4) is 0 Å². The van der Waals surface area contributed by atoms with Gasteiger partial charge in [0.15, 0.2) is 9.84 Å². The first kappa shape index (κ1) is 26.0. The zero-order valence-electron chi connectivity index (χ0n) is 18.9. The highest BCUT2D eigenvalue weighted by molar-refractivity contribution is 7.90. The maximum Gasteiger partial charge on any atom is 0.175 e. The monoisotopic (exact) mass is 568 g/mol. The minimum absolute atomic E-state index is 0.188. The Morgan fingerprint density at radius 1 is 0.857 bits per heavy atom. The van der Waals surface area contributed by atoms with Crippen LogP contribution in [0, 0.1) is 0 Å². The number of sulfone groups is 1. The van der Waals surface area contributed by atoms with E-state index in [9.17, 15) is 13.5 Å². The molecule has 4 aromatic rings. The molecule has 0 aliphatic carbocycles. The van der Waals surface area contributed by atoms with Gasteiger partial charge in [0.2, 0.25) is 0 Å². The summed E-state index contributed by atoms with van der Waals surface area (Å²) in [6.07, 6.45) is 1.16. The third-order valence-corrected chi connectivity index (χ3v) is 7.78. The summed E-state index contributed by atoms with van der Waals surface area (Å²) in [6, 6.07) is 16.9. The van der Waals surface area contributed by atoms with Gasteiger partial charge in [-0.2, -0.15) is 5.10 Å². The summed E-state index contributed by atoms with van der Waals surface area (Å²) in [7, 11) is -3.37. The van der Waals surface area contributed by atoms with Crippen LogP contribution in [0.2, 0.25) is 20.1 Å². The van der Waals surface area contributed by atoms with Gasteiger partial charge in [-0.25, -0.2) is 13.1 Å². The third-order valence-electron chi connectivity index (χ3n) is 5.38. The third kappa shape index (κ3) is 5.10. The van der Waals surface area contributed by atoms with E-state index >= 15 is 0 Å². The van der Waals surface area contributed by atoms with Gasteiger partial charge in [0.25, 0.3) is 0 Å². The molecule has 0 aliphatic rings. The molecule has 0 spiro atoms. The Hall–Kier alpha value is -2.06. The second-order valence-electron chi connectivity index (χ2n) is 8.54. The van der Waals surface area contributed by atoms with E-state index in [1.165, 1.54) is 4.68 Å². The molecule has 1 aromatic heterocycles. The van der Waals surface area contributed by atoms with Crippen LogP contribution < -0.4 is 0 Å². The molecular weight excluding hydrogens is 550 g/mol. The van der Waals surface area contributed by atoms with Gasteiger partial charge in [-0.1, -0.05) is 70.7 Å². The molecule has 0 saturated heterocycles. The summed E-state index contributed by atoms with van der Waals surface area (Å²) in [5, 5.41) is 16.5. The predicted molar refractivity (Wildman–Crippen MR) is 143 cm³/mol. The van der Waals surface area contributed by atoms with Crippen molar-refractivity contribution in [2.75, 3.05) is 6.26 Å². The van der Waals surface area contributed by atoms with Gasteiger partial charge in [-0.15, -0.1) is 0 Å². The van der Waals surface area contributed by atoms with Crippen molar-refractivity contribution in [2.45, 2.75) is 24.3 Å². The van der Waals surface area contributed by atoms with Crippen molar-refractivity contribution in [1.29, 1.82) is 0 Å². The quantitative estimate of drug-likeness (QED) is 0.271. The van der Waals surface area contributed by atoms with Gasteiger partial charge >= 0.3 is 0 Å². The van der Waals surface area contributed by atoms with Crippen LogP contribution >= 0.6 is 46.4 Å². The second kappa shape index (κ2) is 9.43. The molecular formula is C25H20Cl4N2O3S. The Morgan fingerprint density at radius 3 is 2.03 bits per heavy atom. The first-order chi connectivity index (χ1) is 16.3. The van der Waals surface area contributed by atoms with Crippen molar-refractivity contribution in [1.82, 2.24) is 9.78 Å². The first-order valence-corrected chi connectivity index (χ1v) is 13.8. The highest BCUT2D eigenvalue weighted by Gasteiger charge is 2.31. The van der Waals surface area contributed by atoms with E-state index in [0.717, 1.165) is 6.26 Å². The lowest BCUT2D eigenvalue weighted by molar-refractivity contribution is 0.0735. The molecule has 0 radical (unpaired) electrons. The highest BCUT2D eigenvalue weighted by Crippen LogP contribution is 2.44. The number of hydrogen-bond acceptors (Lipinski definition) is 4. The van der Waals surface area contributed by atoms with Gasteiger partial charge in [0, 0.05) is 11.8 Å². The molecule has 3 aromatic carbocycles. The smallest absolute Gasteiger partial charge is 0.175 e. The van der Waals surface area contributed by atoms with Crippen LogP contribution in [0.15, 0.2) is 65.6 Å². The molecule has 0 unspecified atom stereocenters. The summed E-state index contributed by atoms with van der Waals surface area (Å²) in [6.45, 7) is 3.14. The Labute approximate surface area is 223 Å². The number of aliphatic hydroxyl groups is 1. The fourth-order valence-corrected chi connectivity index (χ4v) is 5.62. The number of rotatable bonds is 5. The number of benzene rings is 3. The second-order valence-corrected chi connectivity index (χ2v) is 12.2.